The van der Waals surface area contributed by atoms with Gasteiger partial charge in [-0.25, -0.2) is 0 Å². The van der Waals surface area contributed by atoms with E-state index in [1.54, 1.807) is 0 Å². The molecule has 2 atom stereocenters. The standard InChI is InChI=1S/C17H36N2O2/c1-2-3-4-5-6-7-8-9-10-11-12-16(19-18)17-15-20-13-14-21-17/h16-17,19H,2-15,18H2,1H3. The second-order valence-corrected chi connectivity index (χ2v) is 6.23. The molecule has 1 rings (SSSR count). The first-order valence-electron chi connectivity index (χ1n) is 9.04. The van der Waals surface area contributed by atoms with Gasteiger partial charge in [0, 0.05) is 6.04 Å². The second kappa shape index (κ2) is 13.5. The molecule has 126 valence electrons. The van der Waals surface area contributed by atoms with E-state index in [0.29, 0.717) is 19.8 Å². The molecule has 0 saturated carbocycles. The molecule has 21 heavy (non-hydrogen) atoms. The van der Waals surface area contributed by atoms with Crippen LogP contribution in [0, 0.1) is 0 Å². The number of unbranched alkanes of at least 4 members (excludes halogenated alkanes) is 9. The zero-order valence-electron chi connectivity index (χ0n) is 13.9. The average Bonchev–Trinajstić information content (AvgIpc) is 2.54. The van der Waals surface area contributed by atoms with Gasteiger partial charge in [-0.05, 0) is 6.42 Å². The van der Waals surface area contributed by atoms with Gasteiger partial charge in [-0.2, -0.15) is 0 Å². The maximum Gasteiger partial charge on any atom is 0.0975 e. The molecule has 1 heterocycles. The molecule has 0 amide bonds. The summed E-state index contributed by atoms with van der Waals surface area (Å²) < 4.78 is 11.1. The van der Waals surface area contributed by atoms with Crippen molar-refractivity contribution in [3.63, 3.8) is 0 Å². The highest BCUT2D eigenvalue weighted by atomic mass is 16.6. The minimum Gasteiger partial charge on any atom is -0.376 e. The summed E-state index contributed by atoms with van der Waals surface area (Å²) in [5, 5.41) is 0. The van der Waals surface area contributed by atoms with Crippen LogP contribution in [0.2, 0.25) is 0 Å². The summed E-state index contributed by atoms with van der Waals surface area (Å²) in [4.78, 5) is 0. The fourth-order valence-corrected chi connectivity index (χ4v) is 2.97. The van der Waals surface area contributed by atoms with Gasteiger partial charge in [0.2, 0.25) is 0 Å². The van der Waals surface area contributed by atoms with Gasteiger partial charge in [0.1, 0.15) is 0 Å². The number of nitrogens with one attached hydrogen (secondary N) is 1. The molecule has 4 nitrogen and oxygen atoms in total. The van der Waals surface area contributed by atoms with E-state index in [9.17, 15) is 0 Å². The van der Waals surface area contributed by atoms with Crippen molar-refractivity contribution in [1.82, 2.24) is 5.43 Å². The van der Waals surface area contributed by atoms with E-state index in [-0.39, 0.29) is 12.1 Å². The fraction of sp³-hybridized carbons (Fsp3) is 1.00. The zero-order valence-corrected chi connectivity index (χ0v) is 13.9. The van der Waals surface area contributed by atoms with Crippen LogP contribution in [0.5, 0.6) is 0 Å². The highest BCUT2D eigenvalue weighted by Crippen LogP contribution is 2.14. The molecule has 0 spiro atoms. The van der Waals surface area contributed by atoms with E-state index in [1.165, 1.54) is 64.2 Å². The minimum atomic E-state index is 0.127. The summed E-state index contributed by atoms with van der Waals surface area (Å²) in [5.74, 6) is 5.64. The van der Waals surface area contributed by atoms with Crippen LogP contribution in [0.3, 0.4) is 0 Å². The quantitative estimate of drug-likeness (QED) is 0.310. The van der Waals surface area contributed by atoms with Gasteiger partial charge in [0.15, 0.2) is 0 Å². The number of nitrogens with two attached hydrogens (primary N) is 1. The van der Waals surface area contributed by atoms with Crippen LogP contribution in [0.15, 0.2) is 0 Å². The lowest BCUT2D eigenvalue weighted by atomic mass is 10.0. The summed E-state index contributed by atoms with van der Waals surface area (Å²) in [6, 6.07) is 0.236. The number of hydrazine groups is 1. The Hall–Kier alpha value is -0.160. The van der Waals surface area contributed by atoms with Crippen molar-refractivity contribution >= 4 is 0 Å². The van der Waals surface area contributed by atoms with Crippen molar-refractivity contribution in [2.24, 2.45) is 5.84 Å². The van der Waals surface area contributed by atoms with Crippen LogP contribution >= 0.6 is 0 Å². The van der Waals surface area contributed by atoms with E-state index < -0.39 is 0 Å². The Balaban J connectivity index is 1.90. The van der Waals surface area contributed by atoms with E-state index >= 15 is 0 Å². The number of hydrogen-bond donors (Lipinski definition) is 2. The molecule has 4 heteroatoms. The van der Waals surface area contributed by atoms with Crippen LogP contribution in [0.1, 0.15) is 77.6 Å². The SMILES string of the molecule is CCCCCCCCCCCCC(NN)C1COCCO1. The Morgan fingerprint density at radius 3 is 2.10 bits per heavy atom. The third kappa shape index (κ3) is 9.46. The molecule has 0 aromatic carbocycles. The van der Waals surface area contributed by atoms with Gasteiger partial charge in [-0.1, -0.05) is 71.1 Å². The third-order valence-electron chi connectivity index (χ3n) is 4.37. The molecule has 0 radical (unpaired) electrons. The average molecular weight is 300 g/mol. The largest absolute Gasteiger partial charge is 0.376 e. The Morgan fingerprint density at radius 1 is 0.952 bits per heavy atom. The first-order valence-corrected chi connectivity index (χ1v) is 9.04. The lowest BCUT2D eigenvalue weighted by molar-refractivity contribution is -0.102. The smallest absolute Gasteiger partial charge is 0.0975 e. The first-order chi connectivity index (χ1) is 10.4. The molecule has 0 aromatic heterocycles. The Labute approximate surface area is 131 Å². The van der Waals surface area contributed by atoms with Crippen molar-refractivity contribution in [1.29, 1.82) is 0 Å². The molecule has 0 aromatic rings. The normalized spacial score (nSPS) is 20.6. The topological polar surface area (TPSA) is 56.5 Å². The summed E-state index contributed by atoms with van der Waals surface area (Å²) in [5.41, 5.74) is 2.90. The van der Waals surface area contributed by atoms with Gasteiger partial charge in [-0.15, -0.1) is 0 Å². The molecule has 1 saturated heterocycles. The first kappa shape index (κ1) is 18.9. The van der Waals surface area contributed by atoms with Crippen LogP contribution in [-0.4, -0.2) is 32.0 Å². The second-order valence-electron chi connectivity index (χ2n) is 6.23. The number of ether oxygens (including phenoxy) is 2. The highest BCUT2D eigenvalue weighted by molar-refractivity contribution is 4.76. The van der Waals surface area contributed by atoms with E-state index in [0.717, 1.165) is 6.42 Å². The van der Waals surface area contributed by atoms with Gasteiger partial charge < -0.3 is 9.47 Å². The van der Waals surface area contributed by atoms with Crippen molar-refractivity contribution in [2.45, 2.75) is 89.7 Å². The van der Waals surface area contributed by atoms with Crippen molar-refractivity contribution in [2.75, 3.05) is 19.8 Å². The number of rotatable bonds is 13. The predicted molar refractivity (Wildman–Crippen MR) is 88.1 cm³/mol. The third-order valence-corrected chi connectivity index (χ3v) is 4.37. The molecule has 0 aliphatic carbocycles. The molecule has 3 N–H and O–H groups in total. The van der Waals surface area contributed by atoms with E-state index in [4.69, 9.17) is 15.3 Å². The maximum absolute atomic E-state index is 5.71. The van der Waals surface area contributed by atoms with Gasteiger partial charge in [-0.3, -0.25) is 11.3 Å². The summed E-state index contributed by atoms with van der Waals surface area (Å²) in [7, 11) is 0. The monoisotopic (exact) mass is 300 g/mol. The van der Waals surface area contributed by atoms with Crippen LogP contribution < -0.4 is 11.3 Å². The molecule has 1 aliphatic heterocycles. The summed E-state index contributed by atoms with van der Waals surface area (Å²) >= 11 is 0. The minimum absolute atomic E-state index is 0.127. The molecule has 0 bridgehead atoms. The summed E-state index contributed by atoms with van der Waals surface area (Å²) in [6.07, 6.45) is 14.9. The molecular weight excluding hydrogens is 264 g/mol. The van der Waals surface area contributed by atoms with Crippen molar-refractivity contribution in [3.05, 3.63) is 0 Å². The Bertz CT molecular complexity index is 221. The van der Waals surface area contributed by atoms with Crippen molar-refractivity contribution < 1.29 is 9.47 Å². The molecule has 2 unspecified atom stereocenters. The van der Waals surface area contributed by atoms with Gasteiger partial charge in [0.25, 0.3) is 0 Å². The molecule has 1 aliphatic rings. The predicted octanol–water partition coefficient (Wildman–Crippen LogP) is 3.54. The lowest BCUT2D eigenvalue weighted by Crippen LogP contribution is -2.49. The molecule has 1 fully saturated rings. The summed E-state index contributed by atoms with van der Waals surface area (Å²) in [6.45, 7) is 4.35. The van der Waals surface area contributed by atoms with Crippen LogP contribution in [0.4, 0.5) is 0 Å². The Kier molecular flexibility index (Phi) is 12.1. The number of hydrogen-bond acceptors (Lipinski definition) is 4. The van der Waals surface area contributed by atoms with Crippen LogP contribution in [-0.2, 0) is 9.47 Å². The zero-order chi connectivity index (χ0) is 15.2. The fourth-order valence-electron chi connectivity index (χ4n) is 2.97. The lowest BCUT2D eigenvalue weighted by Gasteiger charge is -2.30. The Morgan fingerprint density at radius 2 is 1.57 bits per heavy atom. The highest BCUT2D eigenvalue weighted by Gasteiger charge is 2.23. The van der Waals surface area contributed by atoms with Gasteiger partial charge >= 0.3 is 0 Å². The van der Waals surface area contributed by atoms with E-state index in [2.05, 4.69) is 12.3 Å². The van der Waals surface area contributed by atoms with E-state index in [1.807, 2.05) is 0 Å². The molecular formula is C17H36N2O2. The van der Waals surface area contributed by atoms with Crippen molar-refractivity contribution in [3.8, 4) is 0 Å². The van der Waals surface area contributed by atoms with Gasteiger partial charge in [0.05, 0.1) is 25.9 Å². The van der Waals surface area contributed by atoms with Crippen LogP contribution in [0.25, 0.3) is 0 Å². The maximum atomic E-state index is 5.71.